The second-order valence-corrected chi connectivity index (χ2v) is 4.45. The van der Waals surface area contributed by atoms with Crippen LogP contribution in [0.15, 0.2) is 18.2 Å². The Kier molecular flexibility index (Phi) is 4.44. The van der Waals surface area contributed by atoms with Gasteiger partial charge in [0.15, 0.2) is 11.6 Å². The van der Waals surface area contributed by atoms with E-state index < -0.39 is 23.6 Å². The van der Waals surface area contributed by atoms with E-state index in [0.29, 0.717) is 31.9 Å². The standard InChI is InChI=1S/C13H15F2NO3/c14-10-2-1-9(7-11(10)15)8-12(13(17)18)16-3-5-19-6-4-16/h1-2,7,12H,3-6,8H2,(H,17,18). The fraction of sp³-hybridized carbons (Fsp3) is 0.462. The van der Waals surface area contributed by atoms with Gasteiger partial charge in [0, 0.05) is 13.1 Å². The van der Waals surface area contributed by atoms with Crippen LogP contribution in [0.1, 0.15) is 5.56 Å². The summed E-state index contributed by atoms with van der Waals surface area (Å²) in [5, 5.41) is 9.26. The quantitative estimate of drug-likeness (QED) is 0.896. The highest BCUT2D eigenvalue weighted by molar-refractivity contribution is 5.74. The average molecular weight is 271 g/mol. The minimum atomic E-state index is -0.966. The summed E-state index contributed by atoms with van der Waals surface area (Å²) in [6.07, 6.45) is 0.145. The molecule has 1 aromatic rings. The third-order valence-electron chi connectivity index (χ3n) is 3.18. The lowest BCUT2D eigenvalue weighted by atomic mass is 10.0. The van der Waals surface area contributed by atoms with E-state index in [2.05, 4.69) is 0 Å². The zero-order valence-corrected chi connectivity index (χ0v) is 10.3. The summed E-state index contributed by atoms with van der Waals surface area (Å²) in [5.41, 5.74) is 0.470. The van der Waals surface area contributed by atoms with Gasteiger partial charge in [-0.1, -0.05) is 6.07 Å². The molecule has 1 unspecified atom stereocenters. The van der Waals surface area contributed by atoms with Gasteiger partial charge in [-0.15, -0.1) is 0 Å². The lowest BCUT2D eigenvalue weighted by molar-refractivity contribution is -0.145. The number of hydrogen-bond donors (Lipinski definition) is 1. The molecule has 6 heteroatoms. The average Bonchev–Trinajstić information content (AvgIpc) is 2.40. The summed E-state index contributed by atoms with van der Waals surface area (Å²) in [7, 11) is 0. The first-order valence-electron chi connectivity index (χ1n) is 6.06. The Morgan fingerprint density at radius 2 is 2.00 bits per heavy atom. The van der Waals surface area contributed by atoms with Crippen molar-refractivity contribution >= 4 is 5.97 Å². The normalized spacial score (nSPS) is 18.2. The van der Waals surface area contributed by atoms with Crippen molar-refractivity contribution in [2.24, 2.45) is 0 Å². The molecule has 19 heavy (non-hydrogen) atoms. The molecule has 0 bridgehead atoms. The maximum atomic E-state index is 13.1. The van der Waals surface area contributed by atoms with Gasteiger partial charge in [0.25, 0.3) is 0 Å². The predicted octanol–water partition coefficient (Wildman–Crippen LogP) is 1.29. The second-order valence-electron chi connectivity index (χ2n) is 4.45. The molecule has 0 aromatic heterocycles. The monoisotopic (exact) mass is 271 g/mol. The van der Waals surface area contributed by atoms with E-state index in [1.165, 1.54) is 6.07 Å². The Morgan fingerprint density at radius 1 is 1.32 bits per heavy atom. The van der Waals surface area contributed by atoms with Gasteiger partial charge in [0.05, 0.1) is 13.2 Å². The Labute approximate surface area is 109 Å². The van der Waals surface area contributed by atoms with Crippen LogP contribution in [-0.4, -0.2) is 48.3 Å². The number of halogens is 2. The molecular weight excluding hydrogens is 256 g/mol. The molecule has 1 fully saturated rings. The number of morpholine rings is 1. The first kappa shape index (κ1) is 13.9. The van der Waals surface area contributed by atoms with E-state index >= 15 is 0 Å². The number of hydrogen-bond acceptors (Lipinski definition) is 3. The van der Waals surface area contributed by atoms with Crippen LogP contribution < -0.4 is 0 Å². The molecule has 1 aliphatic heterocycles. The van der Waals surface area contributed by atoms with Crippen LogP contribution in [0.5, 0.6) is 0 Å². The lowest BCUT2D eigenvalue weighted by Gasteiger charge is -2.31. The van der Waals surface area contributed by atoms with E-state index in [1.807, 2.05) is 0 Å². The van der Waals surface area contributed by atoms with Gasteiger partial charge in [-0.05, 0) is 24.1 Å². The second kappa shape index (κ2) is 6.08. The van der Waals surface area contributed by atoms with Crippen molar-refractivity contribution in [2.45, 2.75) is 12.5 Å². The van der Waals surface area contributed by atoms with Crippen LogP contribution in [0.4, 0.5) is 8.78 Å². The van der Waals surface area contributed by atoms with Crippen molar-refractivity contribution in [1.82, 2.24) is 4.90 Å². The first-order valence-corrected chi connectivity index (χ1v) is 6.06. The Balaban J connectivity index is 2.11. The highest BCUT2D eigenvalue weighted by atomic mass is 19.2. The van der Waals surface area contributed by atoms with Crippen molar-refractivity contribution in [3.63, 3.8) is 0 Å². The van der Waals surface area contributed by atoms with Crippen molar-refractivity contribution in [3.8, 4) is 0 Å². The molecule has 0 aliphatic carbocycles. The van der Waals surface area contributed by atoms with Gasteiger partial charge in [-0.2, -0.15) is 0 Å². The van der Waals surface area contributed by atoms with Crippen LogP contribution in [-0.2, 0) is 16.0 Å². The summed E-state index contributed by atoms with van der Waals surface area (Å²) in [6, 6.07) is 2.73. The molecule has 0 spiro atoms. The molecule has 1 saturated heterocycles. The van der Waals surface area contributed by atoms with Crippen LogP contribution >= 0.6 is 0 Å². The van der Waals surface area contributed by atoms with Crippen LogP contribution in [0, 0.1) is 11.6 Å². The van der Waals surface area contributed by atoms with Crippen molar-refractivity contribution in [2.75, 3.05) is 26.3 Å². The molecule has 1 atom stereocenters. The van der Waals surface area contributed by atoms with Gasteiger partial charge >= 0.3 is 5.97 Å². The van der Waals surface area contributed by atoms with Crippen molar-refractivity contribution in [3.05, 3.63) is 35.4 Å². The Morgan fingerprint density at radius 3 is 2.58 bits per heavy atom. The smallest absolute Gasteiger partial charge is 0.321 e. The molecule has 0 radical (unpaired) electrons. The molecular formula is C13H15F2NO3. The highest BCUT2D eigenvalue weighted by Gasteiger charge is 2.27. The Bertz CT molecular complexity index is 461. The maximum Gasteiger partial charge on any atom is 0.321 e. The topological polar surface area (TPSA) is 49.8 Å². The molecule has 2 rings (SSSR count). The third-order valence-corrected chi connectivity index (χ3v) is 3.18. The highest BCUT2D eigenvalue weighted by Crippen LogP contribution is 2.14. The van der Waals surface area contributed by atoms with Crippen LogP contribution in [0.2, 0.25) is 0 Å². The van der Waals surface area contributed by atoms with Crippen LogP contribution in [0.3, 0.4) is 0 Å². The summed E-state index contributed by atoms with van der Waals surface area (Å²) in [5.74, 6) is -2.85. The summed E-state index contributed by atoms with van der Waals surface area (Å²) < 4.78 is 31.1. The minimum Gasteiger partial charge on any atom is -0.480 e. The predicted molar refractivity (Wildman–Crippen MR) is 63.9 cm³/mol. The Hall–Kier alpha value is -1.53. The number of carboxylic acids is 1. The summed E-state index contributed by atoms with van der Waals surface area (Å²) >= 11 is 0. The van der Waals surface area contributed by atoms with Crippen LogP contribution in [0.25, 0.3) is 0 Å². The number of nitrogens with zero attached hydrogens (tertiary/aromatic N) is 1. The van der Waals surface area contributed by atoms with Crippen molar-refractivity contribution in [1.29, 1.82) is 0 Å². The maximum absolute atomic E-state index is 13.1. The summed E-state index contributed by atoms with van der Waals surface area (Å²) in [4.78, 5) is 13.1. The molecule has 104 valence electrons. The zero-order valence-electron chi connectivity index (χ0n) is 10.3. The molecule has 4 nitrogen and oxygen atoms in total. The largest absolute Gasteiger partial charge is 0.480 e. The third kappa shape index (κ3) is 3.48. The lowest BCUT2D eigenvalue weighted by Crippen LogP contribution is -2.48. The first-order chi connectivity index (χ1) is 9.08. The molecule has 1 heterocycles. The van der Waals surface area contributed by atoms with Crippen molar-refractivity contribution < 1.29 is 23.4 Å². The van der Waals surface area contributed by atoms with Gasteiger partial charge in [0.2, 0.25) is 0 Å². The molecule has 0 amide bonds. The number of carboxylic acid groups (broad SMARTS) is 1. The molecule has 1 aliphatic rings. The van der Waals surface area contributed by atoms with E-state index in [1.54, 1.807) is 4.90 Å². The zero-order chi connectivity index (χ0) is 13.8. The van der Waals surface area contributed by atoms with E-state index in [9.17, 15) is 18.7 Å². The number of carbonyl (C=O) groups is 1. The van der Waals surface area contributed by atoms with Gasteiger partial charge < -0.3 is 9.84 Å². The van der Waals surface area contributed by atoms with Gasteiger partial charge in [-0.25, -0.2) is 8.78 Å². The number of ether oxygens (including phenoxy) is 1. The fourth-order valence-electron chi connectivity index (χ4n) is 2.15. The number of rotatable bonds is 4. The summed E-state index contributed by atoms with van der Waals surface area (Å²) in [6.45, 7) is 2.03. The fourth-order valence-corrected chi connectivity index (χ4v) is 2.15. The SMILES string of the molecule is O=C(O)C(Cc1ccc(F)c(F)c1)N1CCOCC1. The molecule has 1 N–H and O–H groups in total. The molecule has 0 saturated carbocycles. The van der Waals surface area contributed by atoms with E-state index in [4.69, 9.17) is 4.74 Å². The number of aliphatic carboxylic acids is 1. The van der Waals surface area contributed by atoms with Gasteiger partial charge in [0.1, 0.15) is 6.04 Å². The molecule has 1 aromatic carbocycles. The van der Waals surface area contributed by atoms with Gasteiger partial charge in [-0.3, -0.25) is 9.69 Å². The van der Waals surface area contributed by atoms with E-state index in [-0.39, 0.29) is 6.42 Å². The number of benzene rings is 1. The van der Waals surface area contributed by atoms with E-state index in [0.717, 1.165) is 12.1 Å². The minimum absolute atomic E-state index is 0.145.